The highest BCUT2D eigenvalue weighted by Gasteiger charge is 2.40. The van der Waals surface area contributed by atoms with E-state index in [0.717, 1.165) is 0 Å². The molecule has 2 N–H and O–H groups in total. The summed E-state index contributed by atoms with van der Waals surface area (Å²) in [6.07, 6.45) is 4.19. The van der Waals surface area contributed by atoms with Gasteiger partial charge < -0.3 is 24.8 Å². The van der Waals surface area contributed by atoms with Gasteiger partial charge in [-0.05, 0) is 24.3 Å². The number of morpholine rings is 1. The number of anilines is 3. The van der Waals surface area contributed by atoms with E-state index in [1.54, 1.807) is 18.2 Å². The molecule has 1 amide bonds. The Morgan fingerprint density at radius 1 is 1.30 bits per heavy atom. The number of aromatic nitrogens is 2. The SMILES string of the molecule is COc1cc2ncnc(Nc3ccc(F)c(Cl)c3)c2cc1NC(=O)C=CCN1CC(=O)OC2COCC21. The molecule has 37 heavy (non-hydrogen) atoms. The van der Waals surface area contributed by atoms with Crippen molar-refractivity contribution in [1.82, 2.24) is 14.9 Å². The molecule has 0 radical (unpaired) electrons. The number of nitrogens with one attached hydrogen (secondary N) is 2. The van der Waals surface area contributed by atoms with Crippen molar-refractivity contribution in [2.24, 2.45) is 0 Å². The highest BCUT2D eigenvalue weighted by molar-refractivity contribution is 6.31. The Morgan fingerprint density at radius 2 is 2.16 bits per heavy atom. The van der Waals surface area contributed by atoms with Gasteiger partial charge in [-0.25, -0.2) is 14.4 Å². The van der Waals surface area contributed by atoms with E-state index in [2.05, 4.69) is 20.6 Å². The van der Waals surface area contributed by atoms with Crippen LogP contribution in [0.5, 0.6) is 5.75 Å². The first-order valence-electron chi connectivity index (χ1n) is 11.4. The maximum absolute atomic E-state index is 13.5. The number of amides is 1. The van der Waals surface area contributed by atoms with Crippen molar-refractivity contribution < 1.29 is 28.2 Å². The van der Waals surface area contributed by atoms with Gasteiger partial charge in [0.15, 0.2) is 0 Å². The molecule has 3 aromatic rings. The fourth-order valence-corrected chi connectivity index (χ4v) is 4.48. The molecule has 1 aromatic heterocycles. The number of nitrogens with zero attached hydrogens (tertiary/aromatic N) is 3. The summed E-state index contributed by atoms with van der Waals surface area (Å²) in [5.74, 6) is -0.368. The Labute approximate surface area is 216 Å². The van der Waals surface area contributed by atoms with Gasteiger partial charge in [0.1, 0.15) is 29.8 Å². The van der Waals surface area contributed by atoms with Crippen molar-refractivity contribution in [1.29, 1.82) is 0 Å². The highest BCUT2D eigenvalue weighted by Crippen LogP contribution is 2.33. The molecule has 2 atom stereocenters. The number of hydrogen-bond acceptors (Lipinski definition) is 9. The number of benzene rings is 2. The second kappa shape index (κ2) is 10.7. The number of halogens is 2. The van der Waals surface area contributed by atoms with Crippen LogP contribution in [0.15, 0.2) is 48.8 Å². The zero-order valence-corrected chi connectivity index (χ0v) is 20.5. The molecule has 2 unspecified atom stereocenters. The molecule has 192 valence electrons. The van der Waals surface area contributed by atoms with Crippen LogP contribution < -0.4 is 15.4 Å². The van der Waals surface area contributed by atoms with Gasteiger partial charge in [0.05, 0.1) is 49.1 Å². The van der Waals surface area contributed by atoms with Gasteiger partial charge in [-0.3, -0.25) is 14.5 Å². The molecule has 2 aliphatic heterocycles. The smallest absolute Gasteiger partial charge is 0.320 e. The van der Waals surface area contributed by atoms with E-state index in [9.17, 15) is 14.0 Å². The largest absolute Gasteiger partial charge is 0.494 e. The Bertz CT molecular complexity index is 1390. The lowest BCUT2D eigenvalue weighted by Gasteiger charge is -2.34. The summed E-state index contributed by atoms with van der Waals surface area (Å²) in [5, 5.41) is 6.49. The second-order valence-electron chi connectivity index (χ2n) is 8.50. The van der Waals surface area contributed by atoms with E-state index in [1.165, 1.54) is 37.7 Å². The summed E-state index contributed by atoms with van der Waals surface area (Å²) in [5.41, 5.74) is 1.51. The normalized spacial score (nSPS) is 19.6. The third kappa shape index (κ3) is 5.48. The maximum Gasteiger partial charge on any atom is 0.320 e. The van der Waals surface area contributed by atoms with Crippen LogP contribution in [0.4, 0.5) is 21.6 Å². The summed E-state index contributed by atoms with van der Waals surface area (Å²) >= 11 is 5.89. The van der Waals surface area contributed by atoms with Crippen LogP contribution in [-0.2, 0) is 19.1 Å². The number of esters is 1. The van der Waals surface area contributed by atoms with Crippen molar-refractivity contribution in [3.63, 3.8) is 0 Å². The van der Waals surface area contributed by atoms with Crippen LogP contribution in [-0.4, -0.2) is 72.3 Å². The molecule has 0 aliphatic carbocycles. The lowest BCUT2D eigenvalue weighted by atomic mass is 10.1. The molecule has 0 bridgehead atoms. The summed E-state index contributed by atoms with van der Waals surface area (Å²) in [6, 6.07) is 7.58. The molecule has 3 heterocycles. The van der Waals surface area contributed by atoms with E-state index < -0.39 is 5.82 Å². The molecule has 2 aromatic carbocycles. The van der Waals surface area contributed by atoms with E-state index in [0.29, 0.717) is 53.6 Å². The van der Waals surface area contributed by atoms with E-state index in [1.807, 2.05) is 4.90 Å². The number of carbonyl (C=O) groups is 2. The fourth-order valence-electron chi connectivity index (χ4n) is 4.30. The summed E-state index contributed by atoms with van der Waals surface area (Å²) < 4.78 is 29.7. The third-order valence-electron chi connectivity index (χ3n) is 6.09. The topological polar surface area (TPSA) is 115 Å². The number of ether oxygens (including phenoxy) is 3. The second-order valence-corrected chi connectivity index (χ2v) is 8.91. The van der Waals surface area contributed by atoms with E-state index in [-0.39, 0.29) is 35.6 Å². The van der Waals surface area contributed by atoms with Crippen LogP contribution in [0.3, 0.4) is 0 Å². The minimum Gasteiger partial charge on any atom is -0.494 e. The number of methoxy groups -OCH3 is 1. The quantitative estimate of drug-likeness (QED) is 0.353. The van der Waals surface area contributed by atoms with Crippen LogP contribution in [0.1, 0.15) is 0 Å². The monoisotopic (exact) mass is 527 g/mol. The zero-order chi connectivity index (χ0) is 25.9. The average molecular weight is 528 g/mol. The van der Waals surface area contributed by atoms with Crippen molar-refractivity contribution in [2.45, 2.75) is 12.1 Å². The van der Waals surface area contributed by atoms with Gasteiger partial charge >= 0.3 is 5.97 Å². The number of fused-ring (bicyclic) bond motifs is 2. The van der Waals surface area contributed by atoms with Crippen molar-refractivity contribution in [3.8, 4) is 5.75 Å². The summed E-state index contributed by atoms with van der Waals surface area (Å²) in [4.78, 5) is 35.0. The third-order valence-corrected chi connectivity index (χ3v) is 6.38. The highest BCUT2D eigenvalue weighted by atomic mass is 35.5. The van der Waals surface area contributed by atoms with Gasteiger partial charge in [0.25, 0.3) is 0 Å². The Hall–Kier alpha value is -3.80. The van der Waals surface area contributed by atoms with Gasteiger partial charge in [0, 0.05) is 29.8 Å². The molecule has 0 spiro atoms. The minimum atomic E-state index is -0.529. The predicted octanol–water partition coefficient (Wildman–Crippen LogP) is 3.30. The average Bonchev–Trinajstić information content (AvgIpc) is 3.35. The van der Waals surface area contributed by atoms with Gasteiger partial charge in [0.2, 0.25) is 5.91 Å². The zero-order valence-electron chi connectivity index (χ0n) is 19.7. The van der Waals surface area contributed by atoms with Crippen LogP contribution >= 0.6 is 11.6 Å². The first-order valence-corrected chi connectivity index (χ1v) is 11.8. The molecule has 12 heteroatoms. The number of rotatable bonds is 7. The first kappa shape index (κ1) is 24.9. The van der Waals surface area contributed by atoms with Gasteiger partial charge in [-0.15, -0.1) is 0 Å². The maximum atomic E-state index is 13.5. The molecular formula is C25H23ClFN5O5. The van der Waals surface area contributed by atoms with Crippen LogP contribution in [0, 0.1) is 5.82 Å². The number of hydrogen-bond donors (Lipinski definition) is 2. The lowest BCUT2D eigenvalue weighted by molar-refractivity contribution is -0.160. The van der Waals surface area contributed by atoms with Crippen molar-refractivity contribution >= 4 is 51.6 Å². The molecule has 10 nitrogen and oxygen atoms in total. The van der Waals surface area contributed by atoms with E-state index in [4.69, 9.17) is 25.8 Å². The number of carbonyl (C=O) groups excluding carboxylic acids is 2. The molecule has 0 saturated carbocycles. The van der Waals surface area contributed by atoms with Crippen molar-refractivity contribution in [3.05, 3.63) is 59.7 Å². The fraction of sp³-hybridized carbons (Fsp3) is 0.280. The Balaban J connectivity index is 1.33. The van der Waals surface area contributed by atoms with Gasteiger partial charge in [-0.2, -0.15) is 0 Å². The minimum absolute atomic E-state index is 0.0205. The molecule has 5 rings (SSSR count). The summed E-state index contributed by atoms with van der Waals surface area (Å²) in [7, 11) is 1.49. The lowest BCUT2D eigenvalue weighted by Crippen LogP contribution is -2.52. The Morgan fingerprint density at radius 3 is 2.97 bits per heavy atom. The molecule has 2 aliphatic rings. The first-order chi connectivity index (χ1) is 17.9. The predicted molar refractivity (Wildman–Crippen MR) is 135 cm³/mol. The van der Waals surface area contributed by atoms with Gasteiger partial charge in [-0.1, -0.05) is 17.7 Å². The van der Waals surface area contributed by atoms with E-state index >= 15 is 0 Å². The standard InChI is InChI=1S/C25H23ClFN5O5/c1-35-21-9-18-15(25(29-13-28-18)30-14-4-5-17(27)16(26)7-14)8-19(21)31-23(33)3-2-6-32-10-24(34)37-22-12-36-11-20(22)32/h2-5,7-9,13,20,22H,6,10-12H2,1H3,(H,31,33)(H,28,29,30). The van der Waals surface area contributed by atoms with Crippen molar-refractivity contribution in [2.75, 3.05) is 44.0 Å². The molecule has 2 saturated heterocycles. The Kier molecular flexibility index (Phi) is 7.17. The molecular weight excluding hydrogens is 505 g/mol. The van der Waals surface area contributed by atoms with Crippen LogP contribution in [0.2, 0.25) is 5.02 Å². The summed E-state index contributed by atoms with van der Waals surface area (Å²) in [6.45, 7) is 1.40. The molecule has 2 fully saturated rings. The van der Waals surface area contributed by atoms with Crippen LogP contribution in [0.25, 0.3) is 10.9 Å².